The van der Waals surface area contributed by atoms with Gasteiger partial charge in [-0.15, -0.1) is 11.3 Å². The Hall–Kier alpha value is -1.86. The third-order valence-electron chi connectivity index (χ3n) is 2.89. The first kappa shape index (κ1) is 10.3. The van der Waals surface area contributed by atoms with E-state index in [0.29, 0.717) is 0 Å². The molecule has 0 saturated heterocycles. The van der Waals surface area contributed by atoms with E-state index in [1.807, 2.05) is 0 Å². The third-order valence-corrected chi connectivity index (χ3v) is 3.71. The van der Waals surface area contributed by atoms with E-state index >= 15 is 0 Å². The highest BCUT2D eigenvalue weighted by molar-refractivity contribution is 7.10. The van der Waals surface area contributed by atoms with Gasteiger partial charge in [0.1, 0.15) is 0 Å². The monoisotopic (exact) mass is 236 g/mol. The Morgan fingerprint density at radius 1 is 0.882 bits per heavy atom. The predicted molar refractivity (Wildman–Crippen MR) is 76.6 cm³/mol. The first-order valence-corrected chi connectivity index (χ1v) is 6.44. The highest BCUT2D eigenvalue weighted by atomic mass is 32.1. The molecule has 82 valence electrons. The quantitative estimate of drug-likeness (QED) is 0.609. The average Bonchev–Trinajstić information content (AvgIpc) is 2.86. The average molecular weight is 236 g/mol. The van der Waals surface area contributed by atoms with E-state index in [1.165, 1.54) is 20.9 Å². The van der Waals surface area contributed by atoms with Crippen LogP contribution >= 0.6 is 11.3 Å². The fourth-order valence-electron chi connectivity index (χ4n) is 2.04. The summed E-state index contributed by atoms with van der Waals surface area (Å²) in [7, 11) is 0. The molecule has 0 fully saturated rings. The normalized spacial score (nSPS) is 12.1. The smallest absolute Gasteiger partial charge is 0.0276 e. The number of rotatable bonds is 1. The molecule has 1 heteroatoms. The van der Waals surface area contributed by atoms with Crippen LogP contribution in [0.5, 0.6) is 0 Å². The van der Waals surface area contributed by atoms with Gasteiger partial charge in [-0.05, 0) is 38.7 Å². The first-order chi connectivity index (χ1) is 8.34. The number of hydrogen-bond acceptors (Lipinski definition) is 1. The molecule has 0 saturated carbocycles. The zero-order valence-electron chi connectivity index (χ0n) is 9.39. The third kappa shape index (κ3) is 1.90. The van der Waals surface area contributed by atoms with Gasteiger partial charge in [0.25, 0.3) is 0 Å². The highest BCUT2D eigenvalue weighted by Gasteiger charge is 1.95. The number of benzene rings is 2. The Morgan fingerprint density at radius 2 is 1.71 bits per heavy atom. The maximum absolute atomic E-state index is 4.08. The van der Waals surface area contributed by atoms with Crippen LogP contribution in [0.3, 0.4) is 0 Å². The SMILES string of the molecule is C=c1cc/c(=C\c2cccs2)c2ccccc12. The fraction of sp³-hybridized carbons (Fsp3) is 0. The van der Waals surface area contributed by atoms with Gasteiger partial charge in [0.05, 0.1) is 0 Å². The highest BCUT2D eigenvalue weighted by Crippen LogP contribution is 2.10. The van der Waals surface area contributed by atoms with Crippen molar-refractivity contribution in [1.82, 2.24) is 0 Å². The molecule has 0 aliphatic heterocycles. The van der Waals surface area contributed by atoms with Gasteiger partial charge in [-0.3, -0.25) is 0 Å². The molecule has 0 radical (unpaired) electrons. The van der Waals surface area contributed by atoms with E-state index in [-0.39, 0.29) is 0 Å². The van der Waals surface area contributed by atoms with Gasteiger partial charge in [0.15, 0.2) is 0 Å². The van der Waals surface area contributed by atoms with Crippen molar-refractivity contribution in [2.45, 2.75) is 0 Å². The zero-order chi connectivity index (χ0) is 11.7. The van der Waals surface area contributed by atoms with Crippen LogP contribution in [0.15, 0.2) is 53.9 Å². The predicted octanol–water partition coefficient (Wildman–Crippen LogP) is 3.14. The van der Waals surface area contributed by atoms with E-state index in [2.05, 4.69) is 66.6 Å². The Labute approximate surface area is 104 Å². The van der Waals surface area contributed by atoms with Crippen LogP contribution in [0.1, 0.15) is 4.88 Å². The van der Waals surface area contributed by atoms with E-state index < -0.39 is 0 Å². The van der Waals surface area contributed by atoms with Gasteiger partial charge >= 0.3 is 0 Å². The maximum Gasteiger partial charge on any atom is 0.0276 e. The summed E-state index contributed by atoms with van der Waals surface area (Å²) < 4.78 is 0. The summed E-state index contributed by atoms with van der Waals surface area (Å²) in [5.74, 6) is 0. The molecular formula is C16H12S. The van der Waals surface area contributed by atoms with Crippen LogP contribution in [0, 0.1) is 0 Å². The van der Waals surface area contributed by atoms with Crippen LogP contribution in [-0.2, 0) is 0 Å². The van der Waals surface area contributed by atoms with Crippen molar-refractivity contribution in [3.63, 3.8) is 0 Å². The molecule has 0 unspecified atom stereocenters. The number of thiophene rings is 1. The first-order valence-electron chi connectivity index (χ1n) is 5.56. The molecule has 0 atom stereocenters. The van der Waals surface area contributed by atoms with E-state index in [9.17, 15) is 0 Å². The Kier molecular flexibility index (Phi) is 2.54. The van der Waals surface area contributed by atoms with Crippen molar-refractivity contribution in [3.05, 3.63) is 69.2 Å². The molecule has 1 heterocycles. The van der Waals surface area contributed by atoms with E-state index in [0.717, 1.165) is 5.22 Å². The second-order valence-corrected chi connectivity index (χ2v) is 5.00. The van der Waals surface area contributed by atoms with E-state index in [1.54, 1.807) is 11.3 Å². The minimum absolute atomic E-state index is 1.09. The summed E-state index contributed by atoms with van der Waals surface area (Å²) >= 11 is 1.76. The van der Waals surface area contributed by atoms with Crippen molar-refractivity contribution >= 4 is 34.8 Å². The Bertz CT molecular complexity index is 752. The molecule has 0 N–H and O–H groups in total. The van der Waals surface area contributed by atoms with Crippen LogP contribution in [0.2, 0.25) is 0 Å². The number of hydrogen-bond donors (Lipinski definition) is 0. The lowest BCUT2D eigenvalue weighted by atomic mass is 10.1. The molecule has 0 bridgehead atoms. The fourth-order valence-corrected chi connectivity index (χ4v) is 2.70. The van der Waals surface area contributed by atoms with Gasteiger partial charge in [0.2, 0.25) is 0 Å². The molecule has 3 rings (SSSR count). The van der Waals surface area contributed by atoms with Gasteiger partial charge in [-0.2, -0.15) is 0 Å². The van der Waals surface area contributed by atoms with Crippen molar-refractivity contribution in [1.29, 1.82) is 0 Å². The van der Waals surface area contributed by atoms with Gasteiger partial charge in [-0.1, -0.05) is 49.0 Å². The Balaban J connectivity index is 2.39. The van der Waals surface area contributed by atoms with Gasteiger partial charge < -0.3 is 0 Å². The van der Waals surface area contributed by atoms with Crippen molar-refractivity contribution in [2.24, 2.45) is 0 Å². The zero-order valence-corrected chi connectivity index (χ0v) is 10.2. The summed E-state index contributed by atoms with van der Waals surface area (Å²) in [4.78, 5) is 1.28. The van der Waals surface area contributed by atoms with E-state index in [4.69, 9.17) is 0 Å². The molecule has 0 aliphatic rings. The molecule has 1 aromatic heterocycles. The van der Waals surface area contributed by atoms with Gasteiger partial charge in [0, 0.05) is 4.88 Å². The second-order valence-electron chi connectivity index (χ2n) is 4.02. The molecule has 0 aliphatic carbocycles. The Morgan fingerprint density at radius 3 is 2.47 bits per heavy atom. The number of fused-ring (bicyclic) bond motifs is 1. The largest absolute Gasteiger partial charge is 0.144 e. The second kappa shape index (κ2) is 4.19. The molecule has 0 spiro atoms. The van der Waals surface area contributed by atoms with Gasteiger partial charge in [-0.25, -0.2) is 0 Å². The van der Waals surface area contributed by atoms with Crippen LogP contribution in [0.4, 0.5) is 0 Å². The summed E-state index contributed by atoms with van der Waals surface area (Å²) in [6.07, 6.45) is 2.23. The van der Waals surface area contributed by atoms with Crippen LogP contribution < -0.4 is 10.4 Å². The minimum Gasteiger partial charge on any atom is -0.144 e. The molecule has 0 nitrogen and oxygen atoms in total. The summed E-state index contributed by atoms with van der Waals surface area (Å²) in [5.41, 5.74) is 0. The molecule has 2 aromatic carbocycles. The summed E-state index contributed by atoms with van der Waals surface area (Å²) in [6, 6.07) is 16.9. The summed E-state index contributed by atoms with van der Waals surface area (Å²) in [6.45, 7) is 4.08. The minimum atomic E-state index is 1.09. The molecule has 0 amide bonds. The molecule has 3 aromatic rings. The van der Waals surface area contributed by atoms with Crippen molar-refractivity contribution < 1.29 is 0 Å². The lowest BCUT2D eigenvalue weighted by Crippen LogP contribution is -2.09. The van der Waals surface area contributed by atoms with Crippen LogP contribution in [-0.4, -0.2) is 0 Å². The maximum atomic E-state index is 4.08. The lowest BCUT2D eigenvalue weighted by molar-refractivity contribution is 1.63. The van der Waals surface area contributed by atoms with Crippen molar-refractivity contribution in [3.8, 4) is 0 Å². The topological polar surface area (TPSA) is 0 Å². The standard InChI is InChI=1S/C16H12S/c1-12-8-9-13(11-14-5-4-10-17-14)16-7-3-2-6-15(12)16/h2-11H,1H2/b13-11+. The van der Waals surface area contributed by atoms with Crippen molar-refractivity contribution in [2.75, 3.05) is 0 Å². The lowest BCUT2D eigenvalue weighted by Gasteiger charge is -1.99. The molecule has 17 heavy (non-hydrogen) atoms. The van der Waals surface area contributed by atoms with Crippen LogP contribution in [0.25, 0.3) is 23.4 Å². The summed E-state index contributed by atoms with van der Waals surface area (Å²) in [5, 5.41) is 6.95. The molecular weight excluding hydrogens is 224 g/mol.